The van der Waals surface area contributed by atoms with Gasteiger partial charge in [0.1, 0.15) is 11.3 Å². The molecule has 2 fully saturated rings. The number of halogens is 2. The van der Waals surface area contributed by atoms with Gasteiger partial charge in [0.25, 0.3) is 11.1 Å². The third kappa shape index (κ3) is 60.2. The molecular formula is C95H234Cl2N8O4Si. The van der Waals surface area contributed by atoms with E-state index in [1.54, 1.807) is 35.2 Å². The van der Waals surface area contributed by atoms with Crippen molar-refractivity contribution >= 4 is 65.5 Å². The van der Waals surface area contributed by atoms with Gasteiger partial charge in [0.2, 0.25) is 11.9 Å². The second kappa shape index (κ2) is 108. The lowest BCUT2D eigenvalue weighted by Gasteiger charge is -2.41. The number of aliphatic hydroxyl groups is 1. The van der Waals surface area contributed by atoms with E-state index in [0.717, 1.165) is 67.7 Å². The second-order valence-corrected chi connectivity index (χ2v) is 24.6. The maximum absolute atomic E-state index is 13.7. The number of fused-ring (bicyclic) bond motifs is 2. The fourth-order valence-electron chi connectivity index (χ4n) is 8.46. The molecule has 3 aromatic carbocycles. The summed E-state index contributed by atoms with van der Waals surface area (Å²) in [5.74, 6) is 1.04. The minimum absolute atomic E-state index is 0. The van der Waals surface area contributed by atoms with Gasteiger partial charge in [0, 0.05) is 73.7 Å². The van der Waals surface area contributed by atoms with E-state index < -0.39 is 8.32 Å². The number of aromatic amines is 1. The summed E-state index contributed by atoms with van der Waals surface area (Å²) in [7, 11) is -1.74. The van der Waals surface area contributed by atoms with Crippen molar-refractivity contribution in [2.24, 2.45) is 0 Å². The van der Waals surface area contributed by atoms with E-state index in [1.165, 1.54) is 0 Å². The Bertz CT molecular complexity index is 2940. The predicted molar refractivity (Wildman–Crippen MR) is 566 cm³/mol. The Hall–Kier alpha value is -5.44. The number of hydrogen-bond donors (Lipinski definition) is 4. The number of anilines is 2. The Morgan fingerprint density at radius 2 is 0.755 bits per heavy atom. The smallest absolute Gasteiger partial charge is 0.260 e. The van der Waals surface area contributed by atoms with Crippen molar-refractivity contribution in [1.29, 1.82) is 0 Å². The minimum atomic E-state index is -1.74. The SMILES string of the molecule is C.C.C.C.C.C.C.C.C.C.C.C.C.C.C.C.C.C.C.C.C.C.C.C.C.C.C.C.C.C.C.C.C.C.C.C.C.C.C.C.C.C.C.C.CC(C)(C)[Si](C)(C)OC1CCC(Nc2ncc3cc(-c4ccccc4Cl)c(=O)[nH]c3n2)CC1.O=c1c(-c2ccccc2Cl)cc2cnc(NC3CCC(O)CC3)nc2n1Cc1ccccc1. The van der Waals surface area contributed by atoms with Crippen LogP contribution in [0.5, 0.6) is 0 Å². The molecule has 2 aliphatic carbocycles. The van der Waals surface area contributed by atoms with Gasteiger partial charge in [-0.3, -0.25) is 14.2 Å². The Balaban J connectivity index is -0.0000000198. The van der Waals surface area contributed by atoms with Crippen molar-refractivity contribution in [1.82, 2.24) is 29.5 Å². The zero-order chi connectivity index (χ0) is 46.6. The summed E-state index contributed by atoms with van der Waals surface area (Å²) in [5.41, 5.74) is 4.15. The summed E-state index contributed by atoms with van der Waals surface area (Å²) in [6.45, 7) is 11.9. The normalized spacial score (nSPS) is 11.4. The van der Waals surface area contributed by atoms with E-state index in [-0.39, 0.29) is 355 Å². The van der Waals surface area contributed by atoms with E-state index in [4.69, 9.17) is 32.6 Å². The molecule has 4 N–H and O–H groups in total. The van der Waals surface area contributed by atoms with Gasteiger partial charge in [-0.05, 0) is 99.3 Å². The molecule has 696 valence electrons. The molecule has 0 bridgehead atoms. The van der Waals surface area contributed by atoms with Gasteiger partial charge in [-0.15, -0.1) is 0 Å². The van der Waals surface area contributed by atoms with Crippen LogP contribution in [-0.4, -0.2) is 67.2 Å². The average molecular weight is 1650 g/mol. The molecule has 110 heavy (non-hydrogen) atoms. The summed E-state index contributed by atoms with van der Waals surface area (Å²) in [5, 5.41) is 19.4. The largest absolute Gasteiger partial charge is 0.414 e. The van der Waals surface area contributed by atoms with Gasteiger partial charge in [-0.1, -0.05) is 437 Å². The molecule has 0 spiro atoms. The summed E-state index contributed by atoms with van der Waals surface area (Å²) in [6, 6.07) is 28.7. The number of nitrogens with one attached hydrogen (secondary N) is 3. The van der Waals surface area contributed by atoms with Gasteiger partial charge in [0.05, 0.1) is 12.6 Å². The lowest BCUT2D eigenvalue weighted by molar-refractivity contribution is 0.126. The first-order valence-electron chi connectivity index (χ1n) is 22.9. The van der Waals surface area contributed by atoms with Crippen molar-refractivity contribution < 1.29 is 9.53 Å². The molecule has 7 aromatic rings. The third-order valence-corrected chi connectivity index (χ3v) is 18.4. The number of aliphatic hydroxyl groups excluding tert-OH is 1. The standard InChI is InChI=1S/C26H25ClN4O2.C25H33ClN4O2Si.44CH4/c27-23-9-5-4-8-21(23)22-14-18-15-28-26(29-19-10-12-20(32)13-11-19)30-24(18)31(25(22)33)16-17-6-2-1-3-7-17;1-25(2,3)33(4,5)32-18-12-10-17(11-13-18)28-24-27-15-16-14-20(23(31)29-22(16)30-24)19-8-6-7-9-21(19)26;;;;;;;;;;;;;;;;;;;;;;;;;;;;;;;;;;;;;;;;;;;;/h1-9,14-15,19-20,32H,10-13,16H2,(H,28,29,30);6-9,14-15,17-18H,10-13H2,1-5H3,(H2,27,28,29,30,31);44*1H4. The van der Waals surface area contributed by atoms with Gasteiger partial charge in [0.15, 0.2) is 8.32 Å². The Morgan fingerprint density at radius 1 is 0.436 bits per heavy atom. The highest BCUT2D eigenvalue weighted by Gasteiger charge is 2.40. The summed E-state index contributed by atoms with van der Waals surface area (Å²) >= 11 is 12.7. The lowest BCUT2D eigenvalue weighted by Crippen LogP contribution is -2.45. The first-order chi connectivity index (χ1) is 31.6. The highest BCUT2D eigenvalue weighted by molar-refractivity contribution is 6.74. The highest BCUT2D eigenvalue weighted by atomic mass is 35.5. The lowest BCUT2D eigenvalue weighted by atomic mass is 9.93. The van der Waals surface area contributed by atoms with Crippen LogP contribution in [0.1, 0.15) is 404 Å². The molecule has 9 rings (SSSR count). The molecule has 0 unspecified atom stereocenters. The molecule has 4 aromatic heterocycles. The quantitative estimate of drug-likeness (QED) is 0.0971. The van der Waals surface area contributed by atoms with E-state index in [2.05, 4.69) is 64.4 Å². The van der Waals surface area contributed by atoms with Crippen molar-refractivity contribution in [2.75, 3.05) is 10.6 Å². The van der Waals surface area contributed by atoms with Gasteiger partial charge in [-0.25, -0.2) is 9.97 Å². The highest BCUT2D eigenvalue weighted by Crippen LogP contribution is 2.39. The molecule has 0 atom stereocenters. The number of benzene rings is 3. The third-order valence-electron chi connectivity index (χ3n) is 13.2. The van der Waals surface area contributed by atoms with Crippen LogP contribution in [-0.2, 0) is 11.0 Å². The van der Waals surface area contributed by atoms with E-state index in [1.807, 2.05) is 72.8 Å². The number of aromatic nitrogens is 6. The summed E-state index contributed by atoms with van der Waals surface area (Å²) in [6.07, 6.45) is 11.0. The van der Waals surface area contributed by atoms with Crippen LogP contribution < -0.4 is 21.8 Å². The fourth-order valence-corrected chi connectivity index (χ4v) is 10.4. The molecule has 0 saturated heterocycles. The van der Waals surface area contributed by atoms with Gasteiger partial charge < -0.3 is 25.2 Å². The van der Waals surface area contributed by atoms with E-state index in [9.17, 15) is 14.7 Å². The van der Waals surface area contributed by atoms with E-state index >= 15 is 0 Å². The number of H-pyrrole nitrogens is 1. The van der Waals surface area contributed by atoms with Crippen molar-refractivity contribution in [3.8, 4) is 22.3 Å². The summed E-state index contributed by atoms with van der Waals surface area (Å²) < 4.78 is 8.29. The molecule has 2 saturated carbocycles. The Labute approximate surface area is 720 Å². The van der Waals surface area contributed by atoms with E-state index in [0.29, 0.717) is 74.2 Å². The molecule has 12 nitrogen and oxygen atoms in total. The van der Waals surface area contributed by atoms with Crippen LogP contribution in [0.2, 0.25) is 28.2 Å². The van der Waals surface area contributed by atoms with Crippen molar-refractivity contribution in [3.05, 3.63) is 140 Å². The van der Waals surface area contributed by atoms with Crippen LogP contribution in [0.3, 0.4) is 0 Å². The Kier molecular flexibility index (Phi) is 241. The molecule has 15 heteroatoms. The number of rotatable bonds is 10. The zero-order valence-corrected chi connectivity index (χ0v) is 40.7. The van der Waals surface area contributed by atoms with Crippen LogP contribution in [0.25, 0.3) is 44.3 Å². The Morgan fingerprint density at radius 3 is 1.12 bits per heavy atom. The minimum Gasteiger partial charge on any atom is -0.414 e. The molecule has 2 aliphatic rings. The topological polar surface area (TPSA) is 160 Å². The first kappa shape index (κ1) is 246. The fraction of sp³-hybridized carbons (Fsp3) is 0.663. The maximum atomic E-state index is 13.7. The maximum Gasteiger partial charge on any atom is 0.260 e. The van der Waals surface area contributed by atoms with Crippen molar-refractivity contribution in [3.63, 3.8) is 0 Å². The second-order valence-electron chi connectivity index (χ2n) is 19.0. The number of pyridine rings is 2. The van der Waals surface area contributed by atoms with Crippen LogP contribution in [0.4, 0.5) is 11.9 Å². The zero-order valence-electron chi connectivity index (χ0n) is 38.2. The molecule has 0 amide bonds. The van der Waals surface area contributed by atoms with Crippen molar-refractivity contribution in [2.45, 2.75) is 448 Å². The molecular weight excluding hydrogens is 1420 g/mol. The van der Waals surface area contributed by atoms with Gasteiger partial charge in [-0.2, -0.15) is 9.97 Å². The van der Waals surface area contributed by atoms with Gasteiger partial charge >= 0.3 is 0 Å². The van der Waals surface area contributed by atoms with Crippen LogP contribution >= 0.6 is 23.2 Å². The average Bonchev–Trinajstić information content (AvgIpc) is 3.29. The van der Waals surface area contributed by atoms with Crippen LogP contribution in [0, 0.1) is 0 Å². The first-order valence-corrected chi connectivity index (χ1v) is 26.5. The predicted octanol–water partition coefficient (Wildman–Crippen LogP) is 39.2. The molecule has 4 heterocycles. The summed E-state index contributed by atoms with van der Waals surface area (Å²) in [4.78, 5) is 47.6. The molecule has 0 aliphatic heterocycles. The number of hydrogen-bond acceptors (Lipinski definition) is 10. The molecule has 0 radical (unpaired) electrons. The number of nitrogens with zero attached hydrogens (tertiary/aromatic N) is 5. The van der Waals surface area contributed by atoms with Crippen LogP contribution in [0.15, 0.2) is 113 Å². The monoisotopic (exact) mass is 1650 g/mol.